The minimum atomic E-state index is -0.139. The standard InChI is InChI=1S/C25H31N5O3/c1-5-29(6-2)15-20-16(3)33-28-23(20)25(32)30-12-11-17(14-30)22-13-19(24(31)26-4)18-9-7-8-10-21(18)27-22/h7-10,13,17H,5-6,11-12,14-15H2,1-4H3,(H,26,31). The van der Waals surface area contributed by atoms with Crippen molar-refractivity contribution in [1.82, 2.24) is 25.3 Å². The predicted octanol–water partition coefficient (Wildman–Crippen LogP) is 3.36. The number of carbonyl (C=O) groups is 2. The zero-order chi connectivity index (χ0) is 23.5. The van der Waals surface area contributed by atoms with Gasteiger partial charge in [0.1, 0.15) is 5.76 Å². The predicted molar refractivity (Wildman–Crippen MR) is 126 cm³/mol. The SMILES string of the molecule is CCN(CC)Cc1c(C(=O)N2CCC(c3cc(C(=O)NC)c4ccccc4n3)C2)noc1C. The Kier molecular flexibility index (Phi) is 6.74. The van der Waals surface area contributed by atoms with Crippen LogP contribution in [-0.4, -0.2) is 65.0 Å². The molecule has 1 unspecified atom stereocenters. The Hall–Kier alpha value is -3.26. The highest BCUT2D eigenvalue weighted by molar-refractivity contribution is 6.06. The summed E-state index contributed by atoms with van der Waals surface area (Å²) in [6.45, 7) is 9.63. The summed E-state index contributed by atoms with van der Waals surface area (Å²) in [7, 11) is 1.63. The van der Waals surface area contributed by atoms with Crippen molar-refractivity contribution in [2.45, 2.75) is 39.7 Å². The average molecular weight is 450 g/mol. The van der Waals surface area contributed by atoms with Gasteiger partial charge in [0.15, 0.2) is 5.69 Å². The Morgan fingerprint density at radius 2 is 2.00 bits per heavy atom. The molecule has 0 bridgehead atoms. The molecule has 1 aliphatic rings. The van der Waals surface area contributed by atoms with E-state index in [2.05, 4.69) is 29.2 Å². The summed E-state index contributed by atoms with van der Waals surface area (Å²) in [5.74, 6) is 0.498. The lowest BCUT2D eigenvalue weighted by Crippen LogP contribution is -2.31. The van der Waals surface area contributed by atoms with Crippen molar-refractivity contribution in [2.75, 3.05) is 33.2 Å². The maximum Gasteiger partial charge on any atom is 0.276 e. The number of likely N-dealkylation sites (tertiary alicyclic amines) is 1. The molecule has 0 saturated carbocycles. The topological polar surface area (TPSA) is 91.6 Å². The molecule has 33 heavy (non-hydrogen) atoms. The number of fused-ring (bicyclic) bond motifs is 1. The molecule has 0 aliphatic carbocycles. The first-order valence-corrected chi connectivity index (χ1v) is 11.5. The molecule has 3 aromatic rings. The van der Waals surface area contributed by atoms with Gasteiger partial charge >= 0.3 is 0 Å². The van der Waals surface area contributed by atoms with E-state index in [1.807, 2.05) is 42.2 Å². The van der Waals surface area contributed by atoms with Crippen LogP contribution in [-0.2, 0) is 6.54 Å². The van der Waals surface area contributed by atoms with Gasteiger partial charge in [-0.15, -0.1) is 0 Å². The zero-order valence-corrected chi connectivity index (χ0v) is 19.7. The highest BCUT2D eigenvalue weighted by atomic mass is 16.5. The summed E-state index contributed by atoms with van der Waals surface area (Å²) in [5.41, 5.74) is 3.49. The summed E-state index contributed by atoms with van der Waals surface area (Å²) >= 11 is 0. The number of nitrogens with zero attached hydrogens (tertiary/aromatic N) is 4. The highest BCUT2D eigenvalue weighted by Gasteiger charge is 2.33. The molecule has 1 aromatic carbocycles. The molecule has 3 heterocycles. The van der Waals surface area contributed by atoms with Gasteiger partial charge in [-0.25, -0.2) is 0 Å². The number of hydrogen-bond acceptors (Lipinski definition) is 6. The van der Waals surface area contributed by atoms with Crippen molar-refractivity contribution in [3.8, 4) is 0 Å². The van der Waals surface area contributed by atoms with Gasteiger partial charge in [-0.1, -0.05) is 37.2 Å². The maximum absolute atomic E-state index is 13.4. The molecule has 1 saturated heterocycles. The van der Waals surface area contributed by atoms with Crippen LogP contribution < -0.4 is 5.32 Å². The Bertz CT molecular complexity index is 1170. The van der Waals surface area contributed by atoms with Crippen LogP contribution in [0.4, 0.5) is 0 Å². The molecule has 0 radical (unpaired) electrons. The third-order valence-electron chi connectivity index (χ3n) is 6.56. The third kappa shape index (κ3) is 4.48. The second kappa shape index (κ2) is 9.70. The average Bonchev–Trinajstić information content (AvgIpc) is 3.48. The van der Waals surface area contributed by atoms with Gasteiger partial charge in [-0.05, 0) is 38.6 Å². The van der Waals surface area contributed by atoms with Crippen molar-refractivity contribution in [3.05, 3.63) is 58.6 Å². The number of rotatable bonds is 7. The third-order valence-corrected chi connectivity index (χ3v) is 6.56. The molecule has 2 amide bonds. The molecule has 1 N–H and O–H groups in total. The van der Waals surface area contributed by atoms with E-state index >= 15 is 0 Å². The van der Waals surface area contributed by atoms with Crippen LogP contribution in [0.1, 0.15) is 64.1 Å². The lowest BCUT2D eigenvalue weighted by Gasteiger charge is -2.19. The maximum atomic E-state index is 13.4. The van der Waals surface area contributed by atoms with Crippen LogP contribution in [0.15, 0.2) is 34.9 Å². The summed E-state index contributed by atoms with van der Waals surface area (Å²) in [5, 5.41) is 7.65. The molecule has 8 heteroatoms. The number of para-hydroxylation sites is 1. The number of amides is 2. The van der Waals surface area contributed by atoms with E-state index in [9.17, 15) is 9.59 Å². The molecule has 4 rings (SSSR count). The van der Waals surface area contributed by atoms with Crippen molar-refractivity contribution in [1.29, 1.82) is 0 Å². The van der Waals surface area contributed by atoms with Crippen LogP contribution in [0, 0.1) is 6.92 Å². The number of carbonyl (C=O) groups excluding carboxylic acids is 2. The lowest BCUT2D eigenvalue weighted by atomic mass is 9.99. The van der Waals surface area contributed by atoms with Crippen molar-refractivity contribution < 1.29 is 14.1 Å². The Morgan fingerprint density at radius 1 is 1.24 bits per heavy atom. The number of nitrogens with one attached hydrogen (secondary N) is 1. The van der Waals surface area contributed by atoms with Crippen LogP contribution in [0.2, 0.25) is 0 Å². The van der Waals surface area contributed by atoms with Crippen LogP contribution in [0.5, 0.6) is 0 Å². The first-order chi connectivity index (χ1) is 16.0. The van der Waals surface area contributed by atoms with Gasteiger partial charge in [-0.3, -0.25) is 19.5 Å². The number of aryl methyl sites for hydroxylation is 1. The van der Waals surface area contributed by atoms with Crippen molar-refractivity contribution in [2.24, 2.45) is 0 Å². The molecule has 2 aromatic heterocycles. The fraction of sp³-hybridized carbons (Fsp3) is 0.440. The molecule has 8 nitrogen and oxygen atoms in total. The zero-order valence-electron chi connectivity index (χ0n) is 19.7. The summed E-state index contributed by atoms with van der Waals surface area (Å²) < 4.78 is 5.40. The lowest BCUT2D eigenvalue weighted by molar-refractivity contribution is 0.0778. The monoisotopic (exact) mass is 449 g/mol. The summed E-state index contributed by atoms with van der Waals surface area (Å²) in [6.07, 6.45) is 0.784. The van der Waals surface area contributed by atoms with E-state index in [-0.39, 0.29) is 17.7 Å². The summed E-state index contributed by atoms with van der Waals surface area (Å²) in [4.78, 5) is 34.7. The van der Waals surface area contributed by atoms with Crippen LogP contribution in [0.25, 0.3) is 10.9 Å². The van der Waals surface area contributed by atoms with Gasteiger partial charge in [0.05, 0.1) is 11.1 Å². The highest BCUT2D eigenvalue weighted by Crippen LogP contribution is 2.31. The van der Waals surface area contributed by atoms with Crippen molar-refractivity contribution in [3.63, 3.8) is 0 Å². The van der Waals surface area contributed by atoms with Gasteiger partial charge in [0, 0.05) is 49.2 Å². The Morgan fingerprint density at radius 3 is 2.73 bits per heavy atom. The molecular formula is C25H31N5O3. The number of hydrogen-bond donors (Lipinski definition) is 1. The molecule has 1 aliphatic heterocycles. The van der Waals surface area contributed by atoms with Crippen LogP contribution in [0.3, 0.4) is 0 Å². The van der Waals surface area contributed by atoms with E-state index in [0.29, 0.717) is 36.7 Å². The quantitative estimate of drug-likeness (QED) is 0.595. The van der Waals surface area contributed by atoms with Crippen molar-refractivity contribution >= 4 is 22.7 Å². The fourth-order valence-corrected chi connectivity index (χ4v) is 4.48. The number of pyridine rings is 1. The van der Waals surface area contributed by atoms with Gasteiger partial charge < -0.3 is 14.7 Å². The van der Waals surface area contributed by atoms with Gasteiger partial charge in [-0.2, -0.15) is 0 Å². The number of aromatic nitrogens is 2. The van der Waals surface area contributed by atoms with Gasteiger partial charge in [0.2, 0.25) is 0 Å². The normalized spacial score (nSPS) is 16.0. The molecule has 1 atom stereocenters. The molecule has 0 spiro atoms. The smallest absolute Gasteiger partial charge is 0.276 e. The van der Waals surface area contributed by atoms with Crippen LogP contribution >= 0.6 is 0 Å². The fourth-order valence-electron chi connectivity index (χ4n) is 4.48. The first-order valence-electron chi connectivity index (χ1n) is 11.5. The van der Waals surface area contributed by atoms with E-state index in [4.69, 9.17) is 9.51 Å². The van der Waals surface area contributed by atoms with E-state index in [1.54, 1.807) is 7.05 Å². The number of benzene rings is 1. The first kappa shape index (κ1) is 22.9. The molecular weight excluding hydrogens is 418 g/mol. The Balaban J connectivity index is 1.58. The minimum absolute atomic E-state index is 0.0567. The second-order valence-electron chi connectivity index (χ2n) is 8.46. The molecule has 1 fully saturated rings. The summed E-state index contributed by atoms with van der Waals surface area (Å²) in [6, 6.07) is 9.52. The van der Waals surface area contributed by atoms with E-state index in [1.165, 1.54) is 0 Å². The largest absolute Gasteiger partial charge is 0.361 e. The second-order valence-corrected chi connectivity index (χ2v) is 8.46. The minimum Gasteiger partial charge on any atom is -0.361 e. The van der Waals surface area contributed by atoms with Gasteiger partial charge in [0.25, 0.3) is 11.8 Å². The van der Waals surface area contributed by atoms with E-state index < -0.39 is 0 Å². The molecule has 174 valence electrons. The van der Waals surface area contributed by atoms with E-state index in [0.717, 1.165) is 41.7 Å². The Labute approximate surface area is 193 Å².